The van der Waals surface area contributed by atoms with Crippen LogP contribution in [0.3, 0.4) is 0 Å². The molecule has 0 aromatic heterocycles. The van der Waals surface area contributed by atoms with Crippen LogP contribution in [0.5, 0.6) is 0 Å². The molecule has 0 aliphatic carbocycles. The van der Waals surface area contributed by atoms with Crippen molar-refractivity contribution in [2.75, 3.05) is 19.6 Å². The fourth-order valence-electron chi connectivity index (χ4n) is 2.87. The summed E-state index contributed by atoms with van der Waals surface area (Å²) in [5.41, 5.74) is 0.441. The van der Waals surface area contributed by atoms with E-state index in [0.717, 1.165) is 6.42 Å². The summed E-state index contributed by atoms with van der Waals surface area (Å²) in [6, 6.07) is 4.76. The van der Waals surface area contributed by atoms with Crippen LogP contribution in [0, 0.1) is 5.92 Å². The van der Waals surface area contributed by atoms with Gasteiger partial charge in [0.05, 0.1) is 22.5 Å². The maximum Gasteiger partial charge on any atom is 0.253 e. The molecule has 3 amide bonds. The molecular formula is C18H23Cl2N3O3. The first-order valence-corrected chi connectivity index (χ1v) is 9.35. The summed E-state index contributed by atoms with van der Waals surface area (Å²) in [5, 5.41) is 6.07. The predicted octanol–water partition coefficient (Wildman–Crippen LogP) is 2.49. The number of rotatable bonds is 5. The Kier molecular flexibility index (Phi) is 7.29. The number of nitrogens with one attached hydrogen (secondary N) is 2. The zero-order valence-corrected chi connectivity index (χ0v) is 16.4. The summed E-state index contributed by atoms with van der Waals surface area (Å²) in [7, 11) is 0. The van der Waals surface area contributed by atoms with Gasteiger partial charge in [0.15, 0.2) is 0 Å². The summed E-state index contributed by atoms with van der Waals surface area (Å²) in [6.07, 6.45) is 1.41. The summed E-state index contributed by atoms with van der Waals surface area (Å²) in [4.78, 5) is 38.3. The fraction of sp³-hybridized carbons (Fsp3) is 0.500. The quantitative estimate of drug-likeness (QED) is 0.797. The third-order valence-corrected chi connectivity index (χ3v) is 4.86. The second-order valence-corrected chi connectivity index (χ2v) is 7.47. The normalized spacial score (nSPS) is 17.1. The van der Waals surface area contributed by atoms with Crippen molar-refractivity contribution in [3.05, 3.63) is 33.8 Å². The van der Waals surface area contributed by atoms with E-state index in [9.17, 15) is 14.4 Å². The van der Waals surface area contributed by atoms with E-state index in [4.69, 9.17) is 23.2 Å². The van der Waals surface area contributed by atoms with Crippen LogP contribution < -0.4 is 10.6 Å². The first-order valence-electron chi connectivity index (χ1n) is 8.59. The highest BCUT2D eigenvalue weighted by Gasteiger charge is 2.29. The molecule has 1 aliphatic heterocycles. The minimum atomic E-state index is -0.331. The van der Waals surface area contributed by atoms with Gasteiger partial charge in [0.1, 0.15) is 0 Å². The van der Waals surface area contributed by atoms with Crippen molar-refractivity contribution in [1.29, 1.82) is 0 Å². The Morgan fingerprint density at radius 1 is 1.23 bits per heavy atom. The lowest BCUT2D eigenvalue weighted by Crippen LogP contribution is -2.47. The first kappa shape index (κ1) is 20.5. The molecule has 1 atom stereocenters. The molecule has 1 aliphatic rings. The van der Waals surface area contributed by atoms with Crippen molar-refractivity contribution >= 4 is 40.9 Å². The molecule has 8 heteroatoms. The highest BCUT2D eigenvalue weighted by atomic mass is 35.5. The molecule has 6 nitrogen and oxygen atoms in total. The standard InChI is InChI=1S/C18H23Cl2N3O3/c1-11(2)22-16(24)9-21-17(25)13-4-3-7-23(10-13)18(26)12-5-6-14(19)15(20)8-12/h5-6,8,11,13H,3-4,7,9-10H2,1-2H3,(H,21,25)(H,22,24). The number of amides is 3. The maximum absolute atomic E-state index is 12.6. The molecule has 1 aromatic rings. The van der Waals surface area contributed by atoms with E-state index in [0.29, 0.717) is 35.1 Å². The molecule has 0 saturated carbocycles. The highest BCUT2D eigenvalue weighted by Crippen LogP contribution is 2.25. The summed E-state index contributed by atoms with van der Waals surface area (Å²) in [6.45, 7) is 4.54. The molecule has 1 unspecified atom stereocenters. The third kappa shape index (κ3) is 5.61. The zero-order chi connectivity index (χ0) is 19.3. The van der Waals surface area contributed by atoms with Crippen molar-refractivity contribution in [3.63, 3.8) is 0 Å². The molecule has 0 bridgehead atoms. The Balaban J connectivity index is 1.93. The Hall–Kier alpha value is -1.79. The van der Waals surface area contributed by atoms with E-state index in [1.54, 1.807) is 17.0 Å². The van der Waals surface area contributed by atoms with E-state index < -0.39 is 0 Å². The molecule has 1 fully saturated rings. The van der Waals surface area contributed by atoms with Gasteiger partial charge in [0, 0.05) is 24.7 Å². The van der Waals surface area contributed by atoms with Crippen LogP contribution in [0.2, 0.25) is 10.0 Å². The molecule has 2 rings (SSSR count). The fourth-order valence-corrected chi connectivity index (χ4v) is 3.17. The van der Waals surface area contributed by atoms with Crippen molar-refractivity contribution in [2.24, 2.45) is 5.92 Å². The van der Waals surface area contributed by atoms with Gasteiger partial charge < -0.3 is 15.5 Å². The average Bonchev–Trinajstić information content (AvgIpc) is 2.61. The van der Waals surface area contributed by atoms with Crippen molar-refractivity contribution in [3.8, 4) is 0 Å². The minimum absolute atomic E-state index is 0.0217. The Labute approximate surface area is 163 Å². The largest absolute Gasteiger partial charge is 0.352 e. The monoisotopic (exact) mass is 399 g/mol. The molecule has 0 radical (unpaired) electrons. The van der Waals surface area contributed by atoms with Crippen LogP contribution in [0.1, 0.15) is 37.0 Å². The van der Waals surface area contributed by atoms with Crippen molar-refractivity contribution < 1.29 is 14.4 Å². The zero-order valence-electron chi connectivity index (χ0n) is 14.9. The van der Waals surface area contributed by atoms with Gasteiger partial charge in [-0.3, -0.25) is 14.4 Å². The molecule has 142 valence electrons. The summed E-state index contributed by atoms with van der Waals surface area (Å²) in [5.74, 6) is -0.954. The number of likely N-dealkylation sites (tertiary alicyclic amines) is 1. The molecule has 26 heavy (non-hydrogen) atoms. The number of nitrogens with zero attached hydrogens (tertiary/aromatic N) is 1. The van der Waals surface area contributed by atoms with Crippen LogP contribution in [-0.4, -0.2) is 48.3 Å². The van der Waals surface area contributed by atoms with Crippen LogP contribution in [-0.2, 0) is 9.59 Å². The minimum Gasteiger partial charge on any atom is -0.352 e. The maximum atomic E-state index is 12.6. The van der Waals surface area contributed by atoms with Gasteiger partial charge >= 0.3 is 0 Å². The lowest BCUT2D eigenvalue weighted by Gasteiger charge is -2.32. The second kappa shape index (κ2) is 9.24. The third-order valence-electron chi connectivity index (χ3n) is 4.12. The van der Waals surface area contributed by atoms with Gasteiger partial charge in [0.2, 0.25) is 11.8 Å². The first-order chi connectivity index (χ1) is 12.3. The number of halogens is 2. The van der Waals surface area contributed by atoms with Gasteiger partial charge in [-0.2, -0.15) is 0 Å². The molecular weight excluding hydrogens is 377 g/mol. The smallest absolute Gasteiger partial charge is 0.253 e. The number of benzene rings is 1. The van der Waals surface area contributed by atoms with Crippen LogP contribution in [0.4, 0.5) is 0 Å². The summed E-state index contributed by atoms with van der Waals surface area (Å²) < 4.78 is 0. The average molecular weight is 400 g/mol. The van der Waals surface area contributed by atoms with Gasteiger partial charge in [-0.1, -0.05) is 23.2 Å². The van der Waals surface area contributed by atoms with Gasteiger partial charge in [0.25, 0.3) is 5.91 Å². The molecule has 1 saturated heterocycles. The molecule has 1 aromatic carbocycles. The van der Waals surface area contributed by atoms with Gasteiger partial charge in [-0.25, -0.2) is 0 Å². The van der Waals surface area contributed by atoms with Crippen LogP contribution in [0.15, 0.2) is 18.2 Å². The number of carbonyl (C=O) groups is 3. The topological polar surface area (TPSA) is 78.5 Å². The SMILES string of the molecule is CC(C)NC(=O)CNC(=O)C1CCCN(C(=O)c2ccc(Cl)c(Cl)c2)C1. The number of hydrogen-bond donors (Lipinski definition) is 2. The number of hydrogen-bond acceptors (Lipinski definition) is 3. The van der Waals surface area contributed by atoms with Gasteiger partial charge in [-0.15, -0.1) is 0 Å². The Morgan fingerprint density at radius 2 is 1.96 bits per heavy atom. The Morgan fingerprint density at radius 3 is 2.62 bits per heavy atom. The second-order valence-electron chi connectivity index (χ2n) is 6.66. The van der Waals surface area contributed by atoms with E-state index in [1.807, 2.05) is 13.8 Å². The Bertz CT molecular complexity index is 694. The molecule has 0 spiro atoms. The van der Waals surface area contributed by atoms with Crippen molar-refractivity contribution in [1.82, 2.24) is 15.5 Å². The van der Waals surface area contributed by atoms with E-state index in [-0.39, 0.29) is 36.2 Å². The molecule has 2 N–H and O–H groups in total. The molecule has 1 heterocycles. The number of carbonyl (C=O) groups excluding carboxylic acids is 3. The van der Waals surface area contributed by atoms with Gasteiger partial charge in [-0.05, 0) is 44.9 Å². The number of piperidine rings is 1. The van der Waals surface area contributed by atoms with Crippen LogP contribution in [0.25, 0.3) is 0 Å². The van der Waals surface area contributed by atoms with Crippen LogP contribution >= 0.6 is 23.2 Å². The highest BCUT2D eigenvalue weighted by molar-refractivity contribution is 6.42. The summed E-state index contributed by atoms with van der Waals surface area (Å²) >= 11 is 11.9. The lowest BCUT2D eigenvalue weighted by atomic mass is 9.96. The van der Waals surface area contributed by atoms with E-state index >= 15 is 0 Å². The van der Waals surface area contributed by atoms with E-state index in [1.165, 1.54) is 6.07 Å². The van der Waals surface area contributed by atoms with E-state index in [2.05, 4.69) is 10.6 Å². The van der Waals surface area contributed by atoms with Crippen molar-refractivity contribution in [2.45, 2.75) is 32.7 Å². The lowest BCUT2D eigenvalue weighted by molar-refractivity contribution is -0.129. The predicted molar refractivity (Wildman–Crippen MR) is 101 cm³/mol.